The van der Waals surface area contributed by atoms with Gasteiger partial charge in [0.1, 0.15) is 5.76 Å². The highest BCUT2D eigenvalue weighted by Crippen LogP contribution is 2.13. The van der Waals surface area contributed by atoms with E-state index in [0.717, 1.165) is 30.8 Å². The molecule has 1 heterocycles. The first-order valence-electron chi connectivity index (χ1n) is 3.87. The molecule has 0 aliphatic carbocycles. The predicted octanol–water partition coefficient (Wildman–Crippen LogP) is 1.18. The van der Waals surface area contributed by atoms with E-state index < -0.39 is 0 Å². The molecule has 3 heteroatoms. The fraction of sp³-hybridized carbons (Fsp3) is 0.625. The number of aryl methyl sites for hydroxylation is 2. The average molecular weight is 154 g/mol. The average Bonchev–Trinajstić information content (AvgIpc) is 2.29. The maximum atomic E-state index is 5.39. The van der Waals surface area contributed by atoms with Crippen LogP contribution in [-0.2, 0) is 6.42 Å². The van der Waals surface area contributed by atoms with Gasteiger partial charge in [-0.15, -0.1) is 0 Å². The van der Waals surface area contributed by atoms with Gasteiger partial charge in [-0.3, -0.25) is 0 Å². The molecule has 0 atom stereocenters. The zero-order valence-electron chi connectivity index (χ0n) is 7.05. The Morgan fingerprint density at radius 3 is 2.64 bits per heavy atom. The van der Waals surface area contributed by atoms with E-state index in [1.165, 1.54) is 5.56 Å². The van der Waals surface area contributed by atoms with Crippen molar-refractivity contribution >= 4 is 0 Å². The number of nitrogens with two attached hydrogens (primary N) is 1. The molecular weight excluding hydrogens is 140 g/mol. The second-order valence-electron chi connectivity index (χ2n) is 2.69. The molecule has 2 N–H and O–H groups in total. The van der Waals surface area contributed by atoms with Gasteiger partial charge in [0.15, 0.2) is 0 Å². The van der Waals surface area contributed by atoms with E-state index in [1.54, 1.807) is 0 Å². The molecule has 0 spiro atoms. The van der Waals surface area contributed by atoms with Crippen LogP contribution in [0.1, 0.15) is 23.4 Å². The van der Waals surface area contributed by atoms with Crippen LogP contribution in [0.15, 0.2) is 4.52 Å². The highest BCUT2D eigenvalue weighted by Gasteiger charge is 2.06. The zero-order chi connectivity index (χ0) is 8.27. The maximum absolute atomic E-state index is 5.39. The summed E-state index contributed by atoms with van der Waals surface area (Å²) in [5.74, 6) is 0.927. The zero-order valence-corrected chi connectivity index (χ0v) is 7.05. The van der Waals surface area contributed by atoms with Crippen molar-refractivity contribution < 1.29 is 4.52 Å². The third-order valence-corrected chi connectivity index (χ3v) is 1.81. The highest BCUT2D eigenvalue weighted by molar-refractivity contribution is 5.20. The van der Waals surface area contributed by atoms with Crippen LogP contribution in [0.25, 0.3) is 0 Å². The number of hydrogen-bond donors (Lipinski definition) is 1. The van der Waals surface area contributed by atoms with Crippen LogP contribution >= 0.6 is 0 Å². The van der Waals surface area contributed by atoms with Crippen molar-refractivity contribution in [2.75, 3.05) is 6.54 Å². The monoisotopic (exact) mass is 154 g/mol. The lowest BCUT2D eigenvalue weighted by molar-refractivity contribution is 0.392. The summed E-state index contributed by atoms with van der Waals surface area (Å²) in [5.41, 5.74) is 7.61. The highest BCUT2D eigenvalue weighted by atomic mass is 16.5. The summed E-state index contributed by atoms with van der Waals surface area (Å²) in [6.45, 7) is 4.62. The molecular formula is C8H14N2O. The molecule has 0 unspecified atom stereocenters. The standard InChI is InChI=1S/C8H14N2O/c1-6-8(4-3-5-9)7(2)11-10-6/h3-5,9H2,1-2H3. The van der Waals surface area contributed by atoms with Crippen molar-refractivity contribution in [2.24, 2.45) is 5.73 Å². The largest absolute Gasteiger partial charge is 0.361 e. The SMILES string of the molecule is Cc1noc(C)c1CCCN. The molecule has 1 rings (SSSR count). The molecule has 0 bridgehead atoms. The molecule has 1 aromatic rings. The molecule has 1 aromatic heterocycles. The van der Waals surface area contributed by atoms with E-state index in [1.807, 2.05) is 13.8 Å². The van der Waals surface area contributed by atoms with Gasteiger partial charge < -0.3 is 10.3 Å². The van der Waals surface area contributed by atoms with Gasteiger partial charge in [0, 0.05) is 5.56 Å². The van der Waals surface area contributed by atoms with Gasteiger partial charge in [0.05, 0.1) is 5.69 Å². The number of rotatable bonds is 3. The molecule has 0 fully saturated rings. The fourth-order valence-electron chi connectivity index (χ4n) is 1.14. The molecule has 0 radical (unpaired) electrons. The summed E-state index contributed by atoms with van der Waals surface area (Å²) in [6.07, 6.45) is 1.99. The third kappa shape index (κ3) is 1.80. The molecule has 0 amide bonds. The van der Waals surface area contributed by atoms with Crippen molar-refractivity contribution in [1.29, 1.82) is 0 Å². The first-order chi connectivity index (χ1) is 5.25. The van der Waals surface area contributed by atoms with Crippen molar-refractivity contribution in [2.45, 2.75) is 26.7 Å². The first-order valence-corrected chi connectivity index (χ1v) is 3.87. The fourth-order valence-corrected chi connectivity index (χ4v) is 1.14. The minimum Gasteiger partial charge on any atom is -0.361 e. The predicted molar refractivity (Wildman–Crippen MR) is 43.4 cm³/mol. The lowest BCUT2D eigenvalue weighted by atomic mass is 10.1. The Labute approximate surface area is 66.6 Å². The lowest BCUT2D eigenvalue weighted by Gasteiger charge is -1.95. The number of nitrogens with zero attached hydrogens (tertiary/aromatic N) is 1. The Bertz CT molecular complexity index is 210. The normalized spacial score (nSPS) is 10.5. The van der Waals surface area contributed by atoms with Crippen LogP contribution in [0.4, 0.5) is 0 Å². The number of aromatic nitrogens is 1. The van der Waals surface area contributed by atoms with E-state index in [2.05, 4.69) is 5.16 Å². The summed E-state index contributed by atoms with van der Waals surface area (Å²) in [7, 11) is 0. The molecule has 0 saturated carbocycles. The van der Waals surface area contributed by atoms with Crippen molar-refractivity contribution in [3.8, 4) is 0 Å². The Balaban J connectivity index is 2.67. The van der Waals surface area contributed by atoms with Gasteiger partial charge in [-0.1, -0.05) is 5.16 Å². The molecule has 62 valence electrons. The summed E-state index contributed by atoms with van der Waals surface area (Å²) in [6, 6.07) is 0. The van der Waals surface area contributed by atoms with E-state index >= 15 is 0 Å². The third-order valence-electron chi connectivity index (χ3n) is 1.81. The van der Waals surface area contributed by atoms with Gasteiger partial charge in [-0.2, -0.15) is 0 Å². The summed E-state index contributed by atoms with van der Waals surface area (Å²) in [5, 5.41) is 3.85. The Morgan fingerprint density at radius 2 is 2.18 bits per heavy atom. The molecule has 0 aliphatic rings. The van der Waals surface area contributed by atoms with Crippen molar-refractivity contribution in [3.63, 3.8) is 0 Å². The van der Waals surface area contributed by atoms with Crippen molar-refractivity contribution in [3.05, 3.63) is 17.0 Å². The van der Waals surface area contributed by atoms with E-state index in [4.69, 9.17) is 10.3 Å². The summed E-state index contributed by atoms with van der Waals surface area (Å²) >= 11 is 0. The van der Waals surface area contributed by atoms with Crippen LogP contribution in [0.2, 0.25) is 0 Å². The quantitative estimate of drug-likeness (QED) is 0.711. The Morgan fingerprint density at radius 1 is 1.45 bits per heavy atom. The molecule has 3 nitrogen and oxygen atoms in total. The second kappa shape index (κ2) is 3.53. The number of hydrogen-bond acceptors (Lipinski definition) is 3. The summed E-state index contributed by atoms with van der Waals surface area (Å²) in [4.78, 5) is 0. The van der Waals surface area contributed by atoms with Crippen LogP contribution in [0.5, 0.6) is 0 Å². The van der Waals surface area contributed by atoms with E-state index in [9.17, 15) is 0 Å². The van der Waals surface area contributed by atoms with Crippen LogP contribution < -0.4 is 5.73 Å². The second-order valence-corrected chi connectivity index (χ2v) is 2.69. The minimum atomic E-state index is 0.726. The molecule has 0 saturated heterocycles. The van der Waals surface area contributed by atoms with Gasteiger partial charge in [0.2, 0.25) is 0 Å². The van der Waals surface area contributed by atoms with Gasteiger partial charge in [0.25, 0.3) is 0 Å². The molecule has 11 heavy (non-hydrogen) atoms. The van der Waals surface area contributed by atoms with E-state index in [0.29, 0.717) is 0 Å². The first kappa shape index (κ1) is 8.27. The lowest BCUT2D eigenvalue weighted by Crippen LogP contribution is -2.01. The van der Waals surface area contributed by atoms with Gasteiger partial charge in [-0.25, -0.2) is 0 Å². The maximum Gasteiger partial charge on any atom is 0.137 e. The minimum absolute atomic E-state index is 0.726. The molecule has 0 aromatic carbocycles. The van der Waals surface area contributed by atoms with E-state index in [-0.39, 0.29) is 0 Å². The topological polar surface area (TPSA) is 52.0 Å². The Hall–Kier alpha value is -0.830. The van der Waals surface area contributed by atoms with Crippen LogP contribution in [-0.4, -0.2) is 11.7 Å². The van der Waals surface area contributed by atoms with Crippen molar-refractivity contribution in [1.82, 2.24) is 5.16 Å². The summed E-state index contributed by atoms with van der Waals surface area (Å²) < 4.78 is 5.00. The molecule has 0 aliphatic heterocycles. The smallest absolute Gasteiger partial charge is 0.137 e. The Kier molecular flexibility index (Phi) is 2.65. The van der Waals surface area contributed by atoms with Crippen LogP contribution in [0, 0.1) is 13.8 Å². The van der Waals surface area contributed by atoms with Crippen LogP contribution in [0.3, 0.4) is 0 Å². The van der Waals surface area contributed by atoms with Gasteiger partial charge in [-0.05, 0) is 33.2 Å². The van der Waals surface area contributed by atoms with Gasteiger partial charge >= 0.3 is 0 Å².